The smallest absolute Gasteiger partial charge is 0.306 e. The normalized spacial score (nSPS) is 12.6. The van der Waals surface area contributed by atoms with Gasteiger partial charge in [-0.15, -0.1) is 0 Å². The highest BCUT2D eigenvalue weighted by Crippen LogP contribution is 2.17. The molecule has 0 N–H and O–H groups in total. The molecule has 1 unspecified atom stereocenters. The lowest BCUT2D eigenvalue weighted by Gasteiger charge is -2.18. The van der Waals surface area contributed by atoms with Crippen molar-refractivity contribution in [3.8, 4) is 0 Å². The van der Waals surface area contributed by atoms with Crippen LogP contribution in [-0.2, 0) is 28.6 Å². The number of unbranched alkanes of at least 4 members (excludes halogenated alkanes) is 37. The van der Waals surface area contributed by atoms with Gasteiger partial charge in [0, 0.05) is 19.3 Å². The van der Waals surface area contributed by atoms with Gasteiger partial charge < -0.3 is 14.2 Å². The minimum absolute atomic E-state index is 0.0836. The lowest BCUT2D eigenvalue weighted by Crippen LogP contribution is -2.30. The first-order valence-electron chi connectivity index (χ1n) is 34.1. The quantitative estimate of drug-likeness (QED) is 0.0261. The van der Waals surface area contributed by atoms with Gasteiger partial charge in [-0.1, -0.05) is 292 Å². The molecule has 0 aromatic carbocycles. The topological polar surface area (TPSA) is 78.9 Å². The number of hydrogen-bond acceptors (Lipinski definition) is 6. The highest BCUT2D eigenvalue weighted by atomic mass is 16.6. The molecule has 0 aliphatic rings. The van der Waals surface area contributed by atoms with Gasteiger partial charge in [-0.3, -0.25) is 14.4 Å². The molecule has 6 heteroatoms. The molecule has 0 fully saturated rings. The van der Waals surface area contributed by atoms with Gasteiger partial charge in [-0.05, 0) is 116 Å². The predicted octanol–water partition coefficient (Wildman–Crippen LogP) is 23.4. The first-order chi connectivity index (χ1) is 39.0. The van der Waals surface area contributed by atoms with Crippen molar-refractivity contribution in [3.63, 3.8) is 0 Å². The van der Waals surface area contributed by atoms with Gasteiger partial charge in [0.15, 0.2) is 6.10 Å². The van der Waals surface area contributed by atoms with Crippen LogP contribution in [0.15, 0.2) is 85.1 Å². The Kier molecular flexibility index (Phi) is 64.2. The second kappa shape index (κ2) is 67.1. The van der Waals surface area contributed by atoms with Crippen LogP contribution in [0.3, 0.4) is 0 Å². The summed E-state index contributed by atoms with van der Waals surface area (Å²) >= 11 is 0. The van der Waals surface area contributed by atoms with Crippen LogP contribution in [-0.4, -0.2) is 37.2 Å². The van der Waals surface area contributed by atoms with E-state index in [1.807, 2.05) is 0 Å². The fourth-order valence-electron chi connectivity index (χ4n) is 9.76. The van der Waals surface area contributed by atoms with E-state index < -0.39 is 6.10 Å². The molecule has 79 heavy (non-hydrogen) atoms. The zero-order valence-electron chi connectivity index (χ0n) is 52.4. The van der Waals surface area contributed by atoms with Gasteiger partial charge in [0.1, 0.15) is 13.2 Å². The van der Waals surface area contributed by atoms with Crippen molar-refractivity contribution in [3.05, 3.63) is 85.1 Å². The largest absolute Gasteiger partial charge is 0.462 e. The van der Waals surface area contributed by atoms with E-state index in [0.29, 0.717) is 19.3 Å². The molecular weight excluding hydrogens is 973 g/mol. The maximum absolute atomic E-state index is 12.9. The summed E-state index contributed by atoms with van der Waals surface area (Å²) in [6.45, 7) is 6.53. The molecule has 0 amide bonds. The van der Waals surface area contributed by atoms with Crippen LogP contribution < -0.4 is 0 Å². The van der Waals surface area contributed by atoms with E-state index in [4.69, 9.17) is 14.2 Å². The van der Waals surface area contributed by atoms with Crippen LogP contribution in [0.2, 0.25) is 0 Å². The van der Waals surface area contributed by atoms with Crippen molar-refractivity contribution in [2.24, 2.45) is 0 Å². The summed E-state index contributed by atoms with van der Waals surface area (Å²) in [5.74, 6) is -0.891. The first-order valence-corrected chi connectivity index (χ1v) is 34.1. The molecule has 0 radical (unpaired) electrons. The van der Waals surface area contributed by atoms with Crippen molar-refractivity contribution in [1.82, 2.24) is 0 Å². The molecule has 0 aliphatic carbocycles. The Morgan fingerprint density at radius 2 is 0.494 bits per heavy atom. The Labute approximate surface area is 490 Å². The summed E-state index contributed by atoms with van der Waals surface area (Å²) in [6, 6.07) is 0. The van der Waals surface area contributed by atoms with E-state index >= 15 is 0 Å². The molecule has 0 saturated carbocycles. The third-order valence-electron chi connectivity index (χ3n) is 14.9. The first kappa shape index (κ1) is 75.6. The third kappa shape index (κ3) is 65.3. The van der Waals surface area contributed by atoms with E-state index in [1.165, 1.54) is 193 Å². The Balaban J connectivity index is 4.35. The maximum atomic E-state index is 12.9. The van der Waals surface area contributed by atoms with Crippen molar-refractivity contribution < 1.29 is 28.6 Å². The Hall–Kier alpha value is -3.41. The number of carbonyl (C=O) groups excluding carboxylic acids is 3. The molecule has 6 nitrogen and oxygen atoms in total. The molecule has 0 aromatic rings. The Morgan fingerprint density at radius 1 is 0.266 bits per heavy atom. The lowest BCUT2D eigenvalue weighted by molar-refractivity contribution is -0.167. The molecule has 0 heterocycles. The van der Waals surface area contributed by atoms with Crippen molar-refractivity contribution in [1.29, 1.82) is 0 Å². The van der Waals surface area contributed by atoms with E-state index in [-0.39, 0.29) is 31.1 Å². The summed E-state index contributed by atoms with van der Waals surface area (Å²) in [5.41, 5.74) is 0. The standard InChI is InChI=1S/C73H128O6/c1-4-7-10-13-16-19-22-25-28-31-33-34-35-36-37-38-40-42-45-48-51-54-57-60-63-66-72(75)78-69-70(68-77-71(74)65-62-59-56-53-50-47-44-41-30-27-24-21-18-15-12-9-6-3)79-73(76)67-64-61-58-55-52-49-46-43-39-32-29-26-23-20-17-14-11-8-5-2/h9,12,17-18,20-21,26-27,29-31,33,39,43,70H,4-8,10-11,13-16,19,22-25,28,32,34-38,40-42,44-69H2,1-3H3/b12-9-,20-17-,21-18-,29-26-,30-27-,33-31-,43-39-. The molecule has 0 saturated heterocycles. The fraction of sp³-hybridized carbons (Fsp3) is 0.767. The van der Waals surface area contributed by atoms with Crippen molar-refractivity contribution in [2.75, 3.05) is 13.2 Å². The number of rotatable bonds is 62. The molecule has 0 spiro atoms. The van der Waals surface area contributed by atoms with E-state index in [9.17, 15) is 14.4 Å². The van der Waals surface area contributed by atoms with Gasteiger partial charge in [0.2, 0.25) is 0 Å². The van der Waals surface area contributed by atoms with Gasteiger partial charge >= 0.3 is 17.9 Å². The van der Waals surface area contributed by atoms with Gasteiger partial charge in [-0.2, -0.15) is 0 Å². The molecule has 1 atom stereocenters. The van der Waals surface area contributed by atoms with E-state index in [2.05, 4.69) is 106 Å². The fourth-order valence-corrected chi connectivity index (χ4v) is 9.76. The van der Waals surface area contributed by atoms with Crippen LogP contribution in [0.5, 0.6) is 0 Å². The monoisotopic (exact) mass is 1100 g/mol. The summed E-state index contributed by atoms with van der Waals surface area (Å²) in [4.78, 5) is 38.4. The van der Waals surface area contributed by atoms with Crippen molar-refractivity contribution >= 4 is 17.9 Å². The van der Waals surface area contributed by atoms with Crippen LogP contribution >= 0.6 is 0 Å². The lowest BCUT2D eigenvalue weighted by atomic mass is 10.0. The minimum Gasteiger partial charge on any atom is -0.462 e. The van der Waals surface area contributed by atoms with Gasteiger partial charge in [-0.25, -0.2) is 0 Å². The summed E-state index contributed by atoms with van der Waals surface area (Å²) in [5, 5.41) is 0. The number of esters is 3. The van der Waals surface area contributed by atoms with Gasteiger partial charge in [0.25, 0.3) is 0 Å². The highest BCUT2D eigenvalue weighted by Gasteiger charge is 2.19. The number of carbonyl (C=O) groups is 3. The number of allylic oxidation sites excluding steroid dienone is 14. The minimum atomic E-state index is -0.790. The average molecular weight is 1100 g/mol. The average Bonchev–Trinajstić information content (AvgIpc) is 3.45. The molecule has 0 bridgehead atoms. The van der Waals surface area contributed by atoms with Crippen LogP contribution in [0.1, 0.15) is 342 Å². The predicted molar refractivity (Wildman–Crippen MR) is 344 cm³/mol. The Morgan fingerprint density at radius 3 is 0.810 bits per heavy atom. The zero-order chi connectivity index (χ0) is 57.1. The van der Waals surface area contributed by atoms with E-state index in [0.717, 1.165) is 109 Å². The summed E-state index contributed by atoms with van der Waals surface area (Å²) in [7, 11) is 0. The zero-order valence-corrected chi connectivity index (χ0v) is 52.4. The molecule has 456 valence electrons. The number of hydrogen-bond donors (Lipinski definition) is 0. The summed E-state index contributed by atoms with van der Waals surface area (Å²) < 4.78 is 17.0. The van der Waals surface area contributed by atoms with E-state index in [1.54, 1.807) is 0 Å². The number of ether oxygens (including phenoxy) is 3. The molecule has 0 aliphatic heterocycles. The molecule has 0 aromatic heterocycles. The molecular formula is C73H128O6. The second-order valence-electron chi connectivity index (χ2n) is 22.7. The highest BCUT2D eigenvalue weighted by molar-refractivity contribution is 5.71. The SMILES string of the molecule is CC/C=C\C/C=C\C/C=C\CCCCCCCCCC(=O)OCC(COC(=O)CCCCCCCCCCCCCCC/C=C\CCCCCCCCCC)OC(=O)CCCCCCCC/C=C\C/C=C\C/C=C\CCCCC. The van der Waals surface area contributed by atoms with Crippen molar-refractivity contribution in [2.45, 2.75) is 348 Å². The van der Waals surface area contributed by atoms with Crippen LogP contribution in [0, 0.1) is 0 Å². The van der Waals surface area contributed by atoms with Crippen LogP contribution in [0.4, 0.5) is 0 Å². The third-order valence-corrected chi connectivity index (χ3v) is 14.9. The molecule has 0 rings (SSSR count). The summed E-state index contributed by atoms with van der Waals surface area (Å²) in [6.07, 6.45) is 88.8. The van der Waals surface area contributed by atoms with Gasteiger partial charge in [0.05, 0.1) is 0 Å². The van der Waals surface area contributed by atoms with Crippen LogP contribution in [0.25, 0.3) is 0 Å². The second-order valence-corrected chi connectivity index (χ2v) is 22.7. The maximum Gasteiger partial charge on any atom is 0.306 e. The Bertz CT molecular complexity index is 1500.